The van der Waals surface area contributed by atoms with Gasteiger partial charge in [-0.15, -0.1) is 0 Å². The highest BCUT2D eigenvalue weighted by Crippen LogP contribution is 2.40. The minimum atomic E-state index is -0.368. The number of imide groups is 1. The minimum Gasteiger partial charge on any atom is -0.336 e. The molecule has 4 nitrogen and oxygen atoms in total. The van der Waals surface area contributed by atoms with E-state index in [1.54, 1.807) is 18.2 Å². The summed E-state index contributed by atoms with van der Waals surface area (Å²) in [5.41, 5.74) is 4.04. The smallest absolute Gasteiger partial charge is 0.282 e. The number of fused-ring (bicyclic) bond motifs is 1. The highest BCUT2D eigenvalue weighted by molar-refractivity contribution is 6.47. The average Bonchev–Trinajstić information content (AvgIpc) is 3.06. The maximum atomic E-state index is 13.7. The predicted octanol–water partition coefficient (Wildman–Crippen LogP) is 5.73. The van der Waals surface area contributed by atoms with Crippen molar-refractivity contribution in [2.24, 2.45) is 0 Å². The fraction of sp³-hybridized carbons (Fsp3) is 0.120. The number of halogens is 2. The quantitative estimate of drug-likeness (QED) is 0.480. The molecular formula is C25H18Cl2N2O2. The van der Waals surface area contributed by atoms with E-state index < -0.39 is 0 Å². The van der Waals surface area contributed by atoms with Gasteiger partial charge in [-0.05, 0) is 48.2 Å². The predicted molar refractivity (Wildman–Crippen MR) is 124 cm³/mol. The van der Waals surface area contributed by atoms with Crippen LogP contribution in [0, 0.1) is 0 Å². The van der Waals surface area contributed by atoms with Crippen LogP contribution in [-0.4, -0.2) is 18.4 Å². The fourth-order valence-electron chi connectivity index (χ4n) is 4.26. The van der Waals surface area contributed by atoms with Crippen LogP contribution in [-0.2, 0) is 16.0 Å². The SMILES string of the molecule is O=C1C(c2ccccc2)=C(N2CCCc3ccccc32)C(=O)N1c1ccc(Cl)c(Cl)c1. The summed E-state index contributed by atoms with van der Waals surface area (Å²) in [6.07, 6.45) is 1.84. The lowest BCUT2D eigenvalue weighted by molar-refractivity contribution is -0.120. The van der Waals surface area contributed by atoms with Crippen molar-refractivity contribution in [1.82, 2.24) is 0 Å². The summed E-state index contributed by atoms with van der Waals surface area (Å²) in [5, 5.41) is 0.656. The van der Waals surface area contributed by atoms with Gasteiger partial charge in [0.2, 0.25) is 0 Å². The van der Waals surface area contributed by atoms with Crippen LogP contribution in [0.5, 0.6) is 0 Å². The van der Waals surface area contributed by atoms with Crippen molar-refractivity contribution in [2.75, 3.05) is 16.3 Å². The van der Waals surface area contributed by atoms with Gasteiger partial charge in [0.1, 0.15) is 5.70 Å². The third-order valence-corrected chi connectivity index (χ3v) is 6.40. The van der Waals surface area contributed by atoms with Crippen LogP contribution in [0.1, 0.15) is 17.5 Å². The van der Waals surface area contributed by atoms with E-state index in [1.165, 1.54) is 10.5 Å². The highest BCUT2D eigenvalue weighted by atomic mass is 35.5. The van der Waals surface area contributed by atoms with Crippen LogP contribution >= 0.6 is 23.2 Å². The largest absolute Gasteiger partial charge is 0.336 e. The zero-order chi connectivity index (χ0) is 21.5. The Labute approximate surface area is 190 Å². The van der Waals surface area contributed by atoms with Crippen LogP contribution in [0.15, 0.2) is 78.5 Å². The summed E-state index contributed by atoms with van der Waals surface area (Å²) < 4.78 is 0. The van der Waals surface area contributed by atoms with E-state index in [9.17, 15) is 9.59 Å². The van der Waals surface area contributed by atoms with Crippen molar-refractivity contribution in [3.8, 4) is 0 Å². The Morgan fingerprint density at radius 2 is 1.52 bits per heavy atom. The number of rotatable bonds is 3. The number of nitrogens with zero attached hydrogens (tertiary/aromatic N) is 2. The number of para-hydroxylation sites is 1. The van der Waals surface area contributed by atoms with Crippen LogP contribution in [0.2, 0.25) is 10.0 Å². The normalized spacial score (nSPS) is 16.2. The second-order valence-corrected chi connectivity index (χ2v) is 8.33. The second-order valence-electron chi connectivity index (χ2n) is 7.52. The summed E-state index contributed by atoms with van der Waals surface area (Å²) in [7, 11) is 0. The maximum Gasteiger partial charge on any atom is 0.282 e. The van der Waals surface area contributed by atoms with Crippen molar-refractivity contribution < 1.29 is 9.59 Å². The van der Waals surface area contributed by atoms with Crippen LogP contribution in [0.25, 0.3) is 5.57 Å². The van der Waals surface area contributed by atoms with E-state index >= 15 is 0 Å². The minimum absolute atomic E-state index is 0.290. The van der Waals surface area contributed by atoms with Gasteiger partial charge in [-0.3, -0.25) is 9.59 Å². The van der Waals surface area contributed by atoms with E-state index in [0.29, 0.717) is 34.1 Å². The molecule has 0 N–H and O–H groups in total. The average molecular weight is 449 g/mol. The van der Waals surface area contributed by atoms with Crippen molar-refractivity contribution >= 4 is 52.0 Å². The molecule has 154 valence electrons. The zero-order valence-corrected chi connectivity index (χ0v) is 18.0. The molecule has 2 aliphatic rings. The topological polar surface area (TPSA) is 40.6 Å². The molecule has 2 amide bonds. The summed E-state index contributed by atoms with van der Waals surface area (Å²) >= 11 is 12.2. The molecule has 0 unspecified atom stereocenters. The fourth-order valence-corrected chi connectivity index (χ4v) is 4.55. The molecule has 0 atom stereocenters. The first-order chi connectivity index (χ1) is 15.1. The van der Waals surface area contributed by atoms with Crippen molar-refractivity contribution in [1.29, 1.82) is 0 Å². The van der Waals surface area contributed by atoms with E-state index in [4.69, 9.17) is 23.2 Å². The number of hydrogen-bond acceptors (Lipinski definition) is 3. The molecule has 6 heteroatoms. The van der Waals surface area contributed by atoms with E-state index in [0.717, 1.165) is 18.5 Å². The number of anilines is 2. The van der Waals surface area contributed by atoms with Crippen LogP contribution < -0.4 is 9.80 Å². The maximum absolute atomic E-state index is 13.7. The molecule has 3 aromatic rings. The molecule has 0 aliphatic carbocycles. The van der Waals surface area contributed by atoms with Gasteiger partial charge < -0.3 is 4.90 Å². The van der Waals surface area contributed by atoms with Crippen molar-refractivity contribution in [3.05, 3.63) is 99.7 Å². The first-order valence-corrected chi connectivity index (χ1v) is 10.8. The van der Waals surface area contributed by atoms with Gasteiger partial charge in [0.25, 0.3) is 11.8 Å². The second kappa shape index (κ2) is 7.88. The van der Waals surface area contributed by atoms with Gasteiger partial charge in [0, 0.05) is 12.2 Å². The first-order valence-electron chi connectivity index (χ1n) is 10.1. The number of aryl methyl sites for hydroxylation is 1. The van der Waals surface area contributed by atoms with Gasteiger partial charge in [0.15, 0.2) is 0 Å². The summed E-state index contributed by atoms with van der Waals surface area (Å²) in [4.78, 5) is 30.5. The Morgan fingerprint density at radius 3 is 2.29 bits per heavy atom. The van der Waals surface area contributed by atoms with Gasteiger partial charge in [-0.1, -0.05) is 71.7 Å². The summed E-state index contributed by atoms with van der Waals surface area (Å²) in [6, 6.07) is 22.1. The summed E-state index contributed by atoms with van der Waals surface area (Å²) in [5.74, 6) is -0.730. The lowest BCUT2D eigenvalue weighted by Crippen LogP contribution is -2.37. The Morgan fingerprint density at radius 1 is 0.774 bits per heavy atom. The number of carbonyl (C=O) groups is 2. The molecule has 31 heavy (non-hydrogen) atoms. The van der Waals surface area contributed by atoms with Crippen LogP contribution in [0.3, 0.4) is 0 Å². The molecule has 2 heterocycles. The molecule has 0 saturated heterocycles. The van der Waals surface area contributed by atoms with Crippen LogP contribution in [0.4, 0.5) is 11.4 Å². The van der Waals surface area contributed by atoms with E-state index in [1.807, 2.05) is 53.4 Å². The third kappa shape index (κ3) is 3.32. The summed E-state index contributed by atoms with van der Waals surface area (Å²) in [6.45, 7) is 0.664. The Kier molecular flexibility index (Phi) is 5.05. The molecule has 0 saturated carbocycles. The van der Waals surface area contributed by atoms with E-state index in [-0.39, 0.29) is 16.8 Å². The van der Waals surface area contributed by atoms with Crippen molar-refractivity contribution in [2.45, 2.75) is 12.8 Å². The molecule has 5 rings (SSSR count). The molecule has 0 aromatic heterocycles. The number of hydrogen-bond donors (Lipinski definition) is 0. The Balaban J connectivity index is 1.69. The molecule has 2 aliphatic heterocycles. The third-order valence-electron chi connectivity index (χ3n) is 5.66. The molecule has 0 spiro atoms. The Hall–Kier alpha value is -3.08. The van der Waals surface area contributed by atoms with Gasteiger partial charge in [-0.25, -0.2) is 4.90 Å². The highest BCUT2D eigenvalue weighted by Gasteiger charge is 2.43. The van der Waals surface area contributed by atoms with Gasteiger partial charge in [0.05, 0.1) is 21.3 Å². The molecule has 0 fully saturated rings. The Bertz CT molecular complexity index is 1240. The number of amides is 2. The molecule has 3 aromatic carbocycles. The lowest BCUT2D eigenvalue weighted by Gasteiger charge is -2.32. The number of benzene rings is 3. The monoisotopic (exact) mass is 448 g/mol. The molecule has 0 bridgehead atoms. The number of carbonyl (C=O) groups excluding carboxylic acids is 2. The van der Waals surface area contributed by atoms with Crippen molar-refractivity contribution in [3.63, 3.8) is 0 Å². The molecular weight excluding hydrogens is 431 g/mol. The zero-order valence-electron chi connectivity index (χ0n) is 16.5. The standard InChI is InChI=1S/C25H18Cl2N2O2/c26-19-13-12-18(15-20(19)27)29-24(30)22(17-8-2-1-3-9-17)23(25(29)31)28-14-6-10-16-7-4-5-11-21(16)28/h1-5,7-9,11-13,15H,6,10,14H2. The van der Waals surface area contributed by atoms with Gasteiger partial charge in [-0.2, -0.15) is 0 Å². The molecule has 0 radical (unpaired) electrons. The first kappa shape index (κ1) is 19.9. The van der Waals surface area contributed by atoms with Gasteiger partial charge >= 0.3 is 0 Å². The lowest BCUT2D eigenvalue weighted by atomic mass is 9.98. The van der Waals surface area contributed by atoms with E-state index in [2.05, 4.69) is 6.07 Å².